The van der Waals surface area contributed by atoms with E-state index in [1.54, 1.807) is 0 Å². The van der Waals surface area contributed by atoms with E-state index < -0.39 is 11.5 Å². The molecule has 0 aliphatic carbocycles. The molecule has 0 N–H and O–H groups in total. The zero-order chi connectivity index (χ0) is 6.08. The van der Waals surface area contributed by atoms with Crippen molar-refractivity contribution in [2.24, 2.45) is 0 Å². The van der Waals surface area contributed by atoms with Crippen molar-refractivity contribution in [1.82, 2.24) is 0 Å². The topological polar surface area (TPSA) is 63.2 Å². The largest absolute Gasteiger partial charge is 1.00 e. The summed E-state index contributed by atoms with van der Waals surface area (Å²) < 4.78 is 8.66. The van der Waals surface area contributed by atoms with Crippen LogP contribution in [0.1, 0.15) is 0 Å². The molecule has 0 aromatic carbocycles. The molecule has 0 saturated heterocycles. The molecule has 0 aliphatic heterocycles. The van der Waals surface area contributed by atoms with Crippen LogP contribution in [0.3, 0.4) is 0 Å². The van der Waals surface area contributed by atoms with E-state index in [4.69, 9.17) is 0 Å². The SMILES string of the molecule is O=P([O-])([O-])C(=S)[S-].[Na+].[Na+].[Na+]. The molecule has 9 heteroatoms. The first kappa shape index (κ1) is 23.4. The average molecular weight is 224 g/mol. The van der Waals surface area contributed by atoms with E-state index in [1.165, 1.54) is 0 Å². The molecule has 0 amide bonds. The second-order valence-electron chi connectivity index (χ2n) is 0.763. The number of hydrogen-bond acceptors (Lipinski definition) is 5. The van der Waals surface area contributed by atoms with Gasteiger partial charge in [-0.15, -0.1) is 3.94 Å². The van der Waals surface area contributed by atoms with Crippen molar-refractivity contribution in [2.45, 2.75) is 0 Å². The molecule has 0 heterocycles. The van der Waals surface area contributed by atoms with Crippen LogP contribution in [0.5, 0.6) is 0 Å². The first-order chi connectivity index (χ1) is 2.94. The van der Waals surface area contributed by atoms with Gasteiger partial charge in [-0.05, 0) is 0 Å². The fourth-order valence-electron chi connectivity index (χ4n) is 0. The van der Waals surface area contributed by atoms with Crippen molar-refractivity contribution >= 4 is 36.4 Å². The van der Waals surface area contributed by atoms with Gasteiger partial charge in [0.25, 0.3) is 0 Å². The molecule has 0 fully saturated rings. The molecule has 0 atom stereocenters. The fourth-order valence-corrected chi connectivity index (χ4v) is 0. The monoisotopic (exact) mass is 224 g/mol. The number of thiocarbonyl (C=S) groups is 1. The second-order valence-corrected chi connectivity index (χ2v) is 3.89. The summed E-state index contributed by atoms with van der Waals surface area (Å²) in [6, 6.07) is 0. The maximum absolute atomic E-state index is 9.56. The molecule has 0 spiro atoms. The van der Waals surface area contributed by atoms with Gasteiger partial charge in [0.15, 0.2) is 0 Å². The van der Waals surface area contributed by atoms with Gasteiger partial charge in [0.05, 0.1) is 0 Å². The van der Waals surface area contributed by atoms with E-state index in [9.17, 15) is 14.4 Å². The summed E-state index contributed by atoms with van der Waals surface area (Å²) in [5, 5.41) is 0. The van der Waals surface area contributed by atoms with Crippen molar-refractivity contribution in [1.29, 1.82) is 0 Å². The van der Waals surface area contributed by atoms with Gasteiger partial charge in [0.2, 0.25) is 0 Å². The summed E-state index contributed by atoms with van der Waals surface area (Å²) in [5.74, 6) is 0. The predicted molar refractivity (Wildman–Crippen MR) is 27.6 cm³/mol. The van der Waals surface area contributed by atoms with Crippen LogP contribution in [0.2, 0.25) is 0 Å². The van der Waals surface area contributed by atoms with Crippen LogP contribution < -0.4 is 98.5 Å². The Morgan fingerprint density at radius 1 is 1.30 bits per heavy atom. The average Bonchev–Trinajstić information content (AvgIpc) is 1.31. The molecule has 10 heavy (non-hydrogen) atoms. The van der Waals surface area contributed by atoms with Gasteiger partial charge < -0.3 is 39.2 Å². The van der Waals surface area contributed by atoms with Crippen LogP contribution in [0.15, 0.2) is 0 Å². The number of hydrogen-bond donors (Lipinski definition) is 0. The van der Waals surface area contributed by atoms with Gasteiger partial charge in [-0.25, -0.2) is 0 Å². The van der Waals surface area contributed by atoms with Crippen LogP contribution in [-0.2, 0) is 17.2 Å². The standard InChI is InChI=1S/CH3O3PS2.3Na/c2-5(3,4)1(6)7;;;/h(H,6,7)(H2,2,3,4);;;/q;3*+1/p-3. The second kappa shape index (κ2) is 10.5. The maximum Gasteiger partial charge on any atom is 1.00 e. The van der Waals surface area contributed by atoms with E-state index in [0.29, 0.717) is 0 Å². The van der Waals surface area contributed by atoms with E-state index in [-0.39, 0.29) is 88.7 Å². The molecule has 0 aromatic rings. The Hall–Kier alpha value is 3.46. The number of rotatable bonds is 1. The van der Waals surface area contributed by atoms with Crippen LogP contribution in [-0.4, -0.2) is 3.94 Å². The van der Waals surface area contributed by atoms with Crippen LogP contribution >= 0.6 is 19.8 Å². The first-order valence-corrected chi connectivity index (χ1v) is 3.54. The summed E-state index contributed by atoms with van der Waals surface area (Å²) >= 11 is 7.72. The zero-order valence-corrected chi connectivity index (χ0v) is 14.5. The van der Waals surface area contributed by atoms with E-state index >= 15 is 0 Å². The van der Waals surface area contributed by atoms with E-state index in [0.717, 1.165) is 0 Å². The fraction of sp³-hybridized carbons (Fsp3) is 0. The van der Waals surface area contributed by atoms with Crippen LogP contribution in [0, 0.1) is 0 Å². The molecular weight excluding hydrogens is 224 g/mol. The summed E-state index contributed by atoms with van der Waals surface area (Å²) in [5.41, 5.74) is 0. The molecule has 0 unspecified atom stereocenters. The quantitative estimate of drug-likeness (QED) is 0.191. The third kappa shape index (κ3) is 14.0. The van der Waals surface area contributed by atoms with Crippen molar-refractivity contribution in [3.63, 3.8) is 0 Å². The smallest absolute Gasteiger partial charge is 0.808 e. The van der Waals surface area contributed by atoms with Crippen molar-refractivity contribution < 1.29 is 103 Å². The van der Waals surface area contributed by atoms with Gasteiger partial charge in [-0.3, -0.25) is 0 Å². The van der Waals surface area contributed by atoms with E-state index in [2.05, 4.69) is 24.8 Å². The molecule has 0 aromatic heterocycles. The summed E-state index contributed by atoms with van der Waals surface area (Å²) in [4.78, 5) is 19.1. The zero-order valence-electron chi connectivity index (χ0n) is 5.99. The predicted octanol–water partition coefficient (Wildman–Crippen LogP) is -10.3. The van der Waals surface area contributed by atoms with Crippen molar-refractivity contribution in [3.05, 3.63) is 0 Å². The minimum Gasteiger partial charge on any atom is -0.808 e. The van der Waals surface area contributed by atoms with Crippen molar-refractivity contribution in [3.8, 4) is 0 Å². The molecule has 42 valence electrons. The Balaban J connectivity index is -0.0000000600. The Labute approximate surface area is 137 Å². The van der Waals surface area contributed by atoms with Gasteiger partial charge >= 0.3 is 88.7 Å². The molecule has 0 saturated carbocycles. The Morgan fingerprint density at radius 2 is 1.40 bits per heavy atom. The third-order valence-electron chi connectivity index (χ3n) is 0.224. The summed E-state index contributed by atoms with van der Waals surface area (Å²) in [6.45, 7) is 0. The summed E-state index contributed by atoms with van der Waals surface area (Å²) in [7, 11) is -4.69. The van der Waals surface area contributed by atoms with E-state index in [1.807, 2.05) is 0 Å². The van der Waals surface area contributed by atoms with Gasteiger partial charge in [0.1, 0.15) is 0 Å². The molecular formula is CNa3O3PS2. The first-order valence-electron chi connectivity index (χ1n) is 1.18. The van der Waals surface area contributed by atoms with Crippen molar-refractivity contribution in [2.75, 3.05) is 0 Å². The Kier molecular flexibility index (Phi) is 24.6. The maximum atomic E-state index is 9.56. The molecule has 0 rings (SSSR count). The molecule has 3 nitrogen and oxygen atoms in total. The minimum atomic E-state index is -4.69. The Bertz CT molecular complexity index is 134. The summed E-state index contributed by atoms with van der Waals surface area (Å²) in [6.07, 6.45) is 0. The Morgan fingerprint density at radius 3 is 1.40 bits per heavy atom. The van der Waals surface area contributed by atoms with Gasteiger partial charge in [0, 0.05) is 0 Å². The van der Waals surface area contributed by atoms with Gasteiger partial charge in [-0.2, -0.15) is 0 Å². The van der Waals surface area contributed by atoms with Crippen LogP contribution in [0.25, 0.3) is 0 Å². The van der Waals surface area contributed by atoms with Gasteiger partial charge in [-0.1, -0.05) is 7.60 Å². The normalized spacial score (nSPS) is 7.80. The third-order valence-corrected chi connectivity index (χ3v) is 2.01. The minimum absolute atomic E-state index is 0. The van der Waals surface area contributed by atoms with Crippen LogP contribution in [0.4, 0.5) is 0 Å². The molecule has 0 radical (unpaired) electrons. The molecule has 0 aliphatic rings. The molecule has 0 bridgehead atoms.